The highest BCUT2D eigenvalue weighted by atomic mass is 16.2. The van der Waals surface area contributed by atoms with Crippen LogP contribution >= 0.6 is 0 Å². The molecule has 0 aliphatic heterocycles. The largest absolute Gasteiger partial charge is 0.323 e. The van der Waals surface area contributed by atoms with Gasteiger partial charge in [-0.2, -0.15) is 0 Å². The number of carbonyl (C=O) groups is 3. The van der Waals surface area contributed by atoms with E-state index >= 15 is 0 Å². The molecule has 2 rings (SSSR count). The summed E-state index contributed by atoms with van der Waals surface area (Å²) in [4.78, 5) is 35.8. The Balaban J connectivity index is 2.04. The fourth-order valence-electron chi connectivity index (χ4n) is 2.56. The quantitative estimate of drug-likeness (QED) is 0.584. The van der Waals surface area contributed by atoms with E-state index in [0.29, 0.717) is 16.8 Å². The summed E-state index contributed by atoms with van der Waals surface area (Å²) in [5.74, 6) is -0.505. The molecule has 0 aliphatic carbocycles. The van der Waals surface area contributed by atoms with Crippen LogP contribution in [0, 0.1) is 0 Å². The van der Waals surface area contributed by atoms with Crippen LogP contribution in [-0.2, 0) is 9.59 Å². The monoisotopic (exact) mass is 364 g/mol. The zero-order chi connectivity index (χ0) is 20.0. The molecule has 0 heterocycles. The Morgan fingerprint density at radius 1 is 0.889 bits per heavy atom. The number of hydrogen-bond donors (Lipinski definition) is 2. The second kappa shape index (κ2) is 8.94. The molecule has 2 aromatic rings. The van der Waals surface area contributed by atoms with Crippen molar-refractivity contribution in [1.29, 1.82) is 0 Å². The molecule has 0 aliphatic rings. The number of Topliss-reactive ketones (excluding diaryl/α,β-unsaturated/α-hetero) is 1. The average Bonchev–Trinajstić information content (AvgIpc) is 2.62. The highest BCUT2D eigenvalue weighted by Gasteiger charge is 2.11. The molecule has 0 bridgehead atoms. The van der Waals surface area contributed by atoms with Crippen LogP contribution in [-0.4, -0.2) is 17.6 Å². The lowest BCUT2D eigenvalue weighted by Gasteiger charge is -2.13. The number of nitrogens with one attached hydrogen (secondary N) is 2. The normalized spacial score (nSPS) is 11.2. The summed E-state index contributed by atoms with van der Waals surface area (Å²) >= 11 is 0. The molecule has 27 heavy (non-hydrogen) atoms. The van der Waals surface area contributed by atoms with E-state index in [0.717, 1.165) is 11.3 Å². The maximum Gasteiger partial charge on any atom is 0.251 e. The highest BCUT2D eigenvalue weighted by molar-refractivity contribution is 6.10. The first-order valence-corrected chi connectivity index (χ1v) is 8.78. The zero-order valence-corrected chi connectivity index (χ0v) is 16.0. The average molecular weight is 364 g/mol. The van der Waals surface area contributed by atoms with E-state index in [-0.39, 0.29) is 17.6 Å². The maximum absolute atomic E-state index is 12.4. The Bertz CT molecular complexity index is 881. The molecule has 5 nitrogen and oxygen atoms in total. The topological polar surface area (TPSA) is 75.3 Å². The Morgan fingerprint density at radius 3 is 2.11 bits per heavy atom. The van der Waals surface area contributed by atoms with Crippen molar-refractivity contribution in [3.8, 4) is 0 Å². The van der Waals surface area contributed by atoms with Crippen LogP contribution in [0.4, 0.5) is 11.4 Å². The van der Waals surface area contributed by atoms with E-state index in [9.17, 15) is 14.4 Å². The van der Waals surface area contributed by atoms with Gasteiger partial charge in [0.25, 0.3) is 5.91 Å². The van der Waals surface area contributed by atoms with Crippen molar-refractivity contribution >= 4 is 29.0 Å². The predicted molar refractivity (Wildman–Crippen MR) is 108 cm³/mol. The second-order valence-electron chi connectivity index (χ2n) is 6.65. The van der Waals surface area contributed by atoms with Gasteiger partial charge < -0.3 is 10.6 Å². The van der Waals surface area contributed by atoms with Gasteiger partial charge in [0.05, 0.1) is 0 Å². The van der Waals surface area contributed by atoms with Crippen molar-refractivity contribution in [2.45, 2.75) is 33.6 Å². The molecule has 2 aromatic carbocycles. The molecule has 5 heteroatoms. The molecule has 0 saturated carbocycles. The lowest BCUT2D eigenvalue weighted by molar-refractivity contribution is -0.114. The number of amides is 2. The summed E-state index contributed by atoms with van der Waals surface area (Å²) in [5, 5.41) is 5.54. The summed E-state index contributed by atoms with van der Waals surface area (Å²) < 4.78 is 0. The summed E-state index contributed by atoms with van der Waals surface area (Å²) in [6.07, 6.45) is 1.26. The van der Waals surface area contributed by atoms with E-state index < -0.39 is 5.91 Å². The number of ketones is 1. The third kappa shape index (κ3) is 5.64. The summed E-state index contributed by atoms with van der Waals surface area (Å²) in [6, 6.07) is 14.2. The van der Waals surface area contributed by atoms with E-state index in [1.807, 2.05) is 24.3 Å². The zero-order valence-electron chi connectivity index (χ0n) is 16.0. The van der Waals surface area contributed by atoms with Crippen LogP contribution in [0.25, 0.3) is 0 Å². The smallest absolute Gasteiger partial charge is 0.251 e. The lowest BCUT2D eigenvalue weighted by atomic mass is 10.0. The van der Waals surface area contributed by atoms with E-state index in [1.165, 1.54) is 13.0 Å². The number of carbonyl (C=O) groups excluding carboxylic acids is 3. The minimum atomic E-state index is -0.407. The van der Waals surface area contributed by atoms with Crippen molar-refractivity contribution < 1.29 is 14.4 Å². The molecule has 0 saturated heterocycles. The third-order valence-electron chi connectivity index (χ3n) is 4.10. The molecule has 0 aromatic heterocycles. The Hall–Kier alpha value is -3.21. The van der Waals surface area contributed by atoms with Gasteiger partial charge in [-0.1, -0.05) is 32.0 Å². The van der Waals surface area contributed by atoms with Gasteiger partial charge in [-0.3, -0.25) is 14.4 Å². The fraction of sp³-hybridized carbons (Fsp3) is 0.227. The molecule has 0 spiro atoms. The van der Waals surface area contributed by atoms with Gasteiger partial charge in [0, 0.05) is 28.6 Å². The molecule has 0 atom stereocenters. The van der Waals surface area contributed by atoms with Gasteiger partial charge in [0.2, 0.25) is 5.91 Å². The van der Waals surface area contributed by atoms with Gasteiger partial charge >= 0.3 is 0 Å². The molecule has 2 amide bonds. The number of benzene rings is 2. The van der Waals surface area contributed by atoms with Crippen LogP contribution < -0.4 is 10.6 Å². The number of rotatable bonds is 6. The van der Waals surface area contributed by atoms with Gasteiger partial charge in [0.15, 0.2) is 5.78 Å². The highest BCUT2D eigenvalue weighted by Crippen LogP contribution is 2.24. The van der Waals surface area contributed by atoms with Crippen LogP contribution in [0.1, 0.15) is 49.5 Å². The van der Waals surface area contributed by atoms with E-state index in [1.54, 1.807) is 31.2 Å². The molecule has 0 radical (unpaired) electrons. The van der Waals surface area contributed by atoms with Gasteiger partial charge in [-0.25, -0.2) is 0 Å². The second-order valence-corrected chi connectivity index (χ2v) is 6.65. The number of hydrogen-bond acceptors (Lipinski definition) is 3. The van der Waals surface area contributed by atoms with Crippen molar-refractivity contribution in [3.63, 3.8) is 0 Å². The van der Waals surface area contributed by atoms with Crippen LogP contribution in [0.15, 0.2) is 60.2 Å². The van der Waals surface area contributed by atoms with Gasteiger partial charge in [0.1, 0.15) is 0 Å². The van der Waals surface area contributed by atoms with Crippen molar-refractivity contribution in [1.82, 2.24) is 0 Å². The van der Waals surface area contributed by atoms with Crippen LogP contribution in [0.2, 0.25) is 0 Å². The SMILES string of the molecule is CC(=O)c1ccc(NC(=O)/C=C(/C)C(=O)Nc2ccccc2C(C)C)cc1. The molecular formula is C22H24N2O3. The molecule has 0 unspecified atom stereocenters. The van der Waals surface area contributed by atoms with Crippen molar-refractivity contribution in [2.75, 3.05) is 10.6 Å². The minimum Gasteiger partial charge on any atom is -0.323 e. The third-order valence-corrected chi connectivity index (χ3v) is 4.10. The maximum atomic E-state index is 12.4. The first kappa shape index (κ1) is 20.1. The Labute approximate surface area is 159 Å². The lowest BCUT2D eigenvalue weighted by Crippen LogP contribution is -2.17. The van der Waals surface area contributed by atoms with Crippen molar-refractivity contribution in [2.24, 2.45) is 0 Å². The summed E-state index contributed by atoms with van der Waals surface area (Å²) in [6.45, 7) is 7.18. The number of para-hydroxylation sites is 1. The number of anilines is 2. The van der Waals surface area contributed by atoms with Crippen molar-refractivity contribution in [3.05, 3.63) is 71.3 Å². The summed E-state index contributed by atoms with van der Waals surface area (Å²) in [7, 11) is 0. The molecule has 140 valence electrons. The fourth-order valence-corrected chi connectivity index (χ4v) is 2.56. The molecule has 0 fully saturated rings. The van der Waals surface area contributed by atoms with E-state index in [4.69, 9.17) is 0 Å². The minimum absolute atomic E-state index is 0.0398. The predicted octanol–water partition coefficient (Wildman–Crippen LogP) is 4.54. The van der Waals surface area contributed by atoms with Crippen LogP contribution in [0.3, 0.4) is 0 Å². The van der Waals surface area contributed by atoms with Crippen LogP contribution in [0.5, 0.6) is 0 Å². The standard InChI is InChI=1S/C22H24N2O3/c1-14(2)19-7-5-6-8-20(19)24-22(27)15(3)13-21(26)23-18-11-9-17(10-12-18)16(4)25/h5-14H,1-4H3,(H,23,26)(H,24,27)/b15-13-. The molecular weight excluding hydrogens is 340 g/mol. The Kier molecular flexibility index (Phi) is 6.66. The Morgan fingerprint density at radius 2 is 1.52 bits per heavy atom. The first-order valence-electron chi connectivity index (χ1n) is 8.78. The first-order chi connectivity index (χ1) is 12.8. The summed E-state index contributed by atoms with van der Waals surface area (Å²) in [5.41, 5.74) is 3.20. The van der Waals surface area contributed by atoms with Gasteiger partial charge in [-0.05, 0) is 55.7 Å². The molecule has 2 N–H and O–H groups in total. The van der Waals surface area contributed by atoms with Gasteiger partial charge in [-0.15, -0.1) is 0 Å². The van der Waals surface area contributed by atoms with E-state index in [2.05, 4.69) is 24.5 Å².